The van der Waals surface area contributed by atoms with Gasteiger partial charge in [-0.2, -0.15) is 0 Å². The van der Waals surface area contributed by atoms with Crippen molar-refractivity contribution in [3.8, 4) is 0 Å². The minimum absolute atomic E-state index is 0.0978. The van der Waals surface area contributed by atoms with Crippen molar-refractivity contribution in [2.24, 2.45) is 0 Å². The van der Waals surface area contributed by atoms with E-state index in [9.17, 15) is 9.18 Å². The highest BCUT2D eigenvalue weighted by Gasteiger charge is 2.15. The molecule has 4 nitrogen and oxygen atoms in total. The Labute approximate surface area is 122 Å². The molecule has 0 aliphatic rings. The normalized spacial score (nSPS) is 10.9. The Morgan fingerprint density at radius 2 is 2.35 bits per heavy atom. The maximum absolute atomic E-state index is 13.6. The zero-order chi connectivity index (χ0) is 14.1. The van der Waals surface area contributed by atoms with Gasteiger partial charge in [0.05, 0.1) is 22.8 Å². The Hall–Kier alpha value is -1.92. The van der Waals surface area contributed by atoms with Gasteiger partial charge in [-0.05, 0) is 12.1 Å². The van der Waals surface area contributed by atoms with Crippen LogP contribution in [0, 0.1) is 5.82 Å². The fourth-order valence-corrected chi connectivity index (χ4v) is 2.97. The van der Waals surface area contributed by atoms with Gasteiger partial charge in [0, 0.05) is 17.8 Å². The molecule has 20 heavy (non-hydrogen) atoms. The summed E-state index contributed by atoms with van der Waals surface area (Å²) in [5.41, 5.74) is 0.745. The van der Waals surface area contributed by atoms with Crippen molar-refractivity contribution in [1.29, 1.82) is 0 Å². The summed E-state index contributed by atoms with van der Waals surface area (Å²) in [7, 11) is 0. The molecular weight excluding hydrogens is 301 g/mol. The van der Waals surface area contributed by atoms with Crippen molar-refractivity contribution in [2.45, 2.75) is 6.54 Å². The molecule has 0 radical (unpaired) electrons. The number of nitrogens with zero attached hydrogens (tertiary/aromatic N) is 2. The number of carbonyl (C=O) groups excluding carboxylic acids is 1. The molecule has 1 amide bonds. The molecule has 1 N–H and O–H groups in total. The molecule has 0 fully saturated rings. The molecular formula is C13H9ClFN3OS. The number of imidazole rings is 1. The van der Waals surface area contributed by atoms with Crippen molar-refractivity contribution < 1.29 is 9.18 Å². The molecule has 3 rings (SSSR count). The van der Waals surface area contributed by atoms with Gasteiger partial charge < -0.3 is 5.32 Å². The monoisotopic (exact) mass is 309 g/mol. The van der Waals surface area contributed by atoms with Gasteiger partial charge in [0.1, 0.15) is 5.82 Å². The van der Waals surface area contributed by atoms with E-state index in [1.807, 2.05) is 16.0 Å². The Balaban J connectivity index is 1.79. The fourth-order valence-electron chi connectivity index (χ4n) is 1.87. The fraction of sp³-hybridized carbons (Fsp3) is 0.0769. The van der Waals surface area contributed by atoms with Gasteiger partial charge in [-0.25, -0.2) is 9.37 Å². The number of benzene rings is 1. The summed E-state index contributed by atoms with van der Waals surface area (Å²) in [4.78, 5) is 17.0. The van der Waals surface area contributed by atoms with E-state index in [-0.39, 0.29) is 17.1 Å². The summed E-state index contributed by atoms with van der Waals surface area (Å²) in [5.74, 6) is -1.17. The zero-order valence-corrected chi connectivity index (χ0v) is 11.7. The topological polar surface area (TPSA) is 46.4 Å². The third-order valence-electron chi connectivity index (χ3n) is 2.84. The molecule has 0 bridgehead atoms. The first-order valence-electron chi connectivity index (χ1n) is 5.78. The number of hydrogen-bond acceptors (Lipinski definition) is 3. The third-order valence-corrected chi connectivity index (χ3v) is 4.05. The number of fused-ring (bicyclic) bond motifs is 1. The molecule has 0 spiro atoms. The summed E-state index contributed by atoms with van der Waals surface area (Å²) in [5, 5.41) is 4.65. The molecule has 1 aromatic carbocycles. The Morgan fingerprint density at radius 3 is 3.15 bits per heavy atom. The predicted molar refractivity (Wildman–Crippen MR) is 75.6 cm³/mol. The number of nitrogens with one attached hydrogen (secondary N) is 1. The van der Waals surface area contributed by atoms with Crippen LogP contribution in [-0.4, -0.2) is 15.3 Å². The lowest BCUT2D eigenvalue weighted by Crippen LogP contribution is -2.24. The van der Waals surface area contributed by atoms with Crippen LogP contribution < -0.4 is 5.32 Å². The largest absolute Gasteiger partial charge is 0.346 e. The molecule has 0 aliphatic carbocycles. The average Bonchev–Trinajstić information content (AvgIpc) is 2.99. The predicted octanol–water partition coefficient (Wildman–Crippen LogP) is 3.12. The van der Waals surface area contributed by atoms with E-state index >= 15 is 0 Å². The van der Waals surface area contributed by atoms with Crippen LogP contribution in [-0.2, 0) is 6.54 Å². The van der Waals surface area contributed by atoms with Crippen LogP contribution in [0.5, 0.6) is 0 Å². The summed E-state index contributed by atoms with van der Waals surface area (Å²) in [6.45, 7) is 0.278. The molecule has 102 valence electrons. The van der Waals surface area contributed by atoms with Crippen molar-refractivity contribution in [3.63, 3.8) is 0 Å². The quantitative estimate of drug-likeness (QED) is 0.808. The third kappa shape index (κ3) is 2.28. The van der Waals surface area contributed by atoms with E-state index in [0.717, 1.165) is 10.7 Å². The van der Waals surface area contributed by atoms with Gasteiger partial charge in [-0.15, -0.1) is 11.3 Å². The SMILES string of the molecule is O=C(NCc1csc2nccn12)c1c(F)cccc1Cl. The molecule has 7 heteroatoms. The molecule has 0 atom stereocenters. The summed E-state index contributed by atoms with van der Waals surface area (Å²) >= 11 is 7.32. The molecule has 3 aromatic rings. The summed E-state index contributed by atoms with van der Waals surface area (Å²) < 4.78 is 15.5. The lowest BCUT2D eigenvalue weighted by atomic mass is 10.2. The van der Waals surface area contributed by atoms with Crippen LogP contribution in [0.25, 0.3) is 4.96 Å². The number of hydrogen-bond donors (Lipinski definition) is 1. The van der Waals surface area contributed by atoms with Gasteiger partial charge in [0.2, 0.25) is 0 Å². The van der Waals surface area contributed by atoms with Gasteiger partial charge >= 0.3 is 0 Å². The van der Waals surface area contributed by atoms with E-state index in [2.05, 4.69) is 10.3 Å². The van der Waals surface area contributed by atoms with Crippen LogP contribution in [0.3, 0.4) is 0 Å². The van der Waals surface area contributed by atoms with Crippen LogP contribution in [0.2, 0.25) is 5.02 Å². The molecule has 0 unspecified atom stereocenters. The summed E-state index contributed by atoms with van der Waals surface area (Å²) in [6.07, 6.45) is 3.49. The summed E-state index contributed by atoms with van der Waals surface area (Å²) in [6, 6.07) is 4.15. The van der Waals surface area contributed by atoms with Crippen molar-refractivity contribution in [1.82, 2.24) is 14.7 Å². The van der Waals surface area contributed by atoms with Gasteiger partial charge in [-0.3, -0.25) is 9.20 Å². The Bertz CT molecular complexity index is 763. The van der Waals surface area contributed by atoms with Crippen LogP contribution in [0.15, 0.2) is 36.0 Å². The molecule has 0 saturated carbocycles. The Morgan fingerprint density at radius 1 is 1.50 bits per heavy atom. The number of carbonyl (C=O) groups is 1. The zero-order valence-electron chi connectivity index (χ0n) is 10.1. The molecule has 0 saturated heterocycles. The maximum atomic E-state index is 13.6. The number of aromatic nitrogens is 2. The van der Waals surface area contributed by atoms with Crippen LogP contribution in [0.1, 0.15) is 16.1 Å². The first-order valence-corrected chi connectivity index (χ1v) is 7.04. The minimum Gasteiger partial charge on any atom is -0.346 e. The lowest BCUT2D eigenvalue weighted by Gasteiger charge is -2.07. The van der Waals surface area contributed by atoms with Gasteiger partial charge in [0.15, 0.2) is 4.96 Å². The molecule has 2 heterocycles. The Kier molecular flexibility index (Phi) is 3.42. The van der Waals surface area contributed by atoms with E-state index in [0.29, 0.717) is 0 Å². The number of halogens is 2. The van der Waals surface area contributed by atoms with Crippen molar-refractivity contribution >= 4 is 33.8 Å². The van der Waals surface area contributed by atoms with Gasteiger partial charge in [-0.1, -0.05) is 17.7 Å². The van der Waals surface area contributed by atoms with Gasteiger partial charge in [0.25, 0.3) is 5.91 Å². The highest BCUT2D eigenvalue weighted by molar-refractivity contribution is 7.15. The second-order valence-electron chi connectivity index (χ2n) is 4.09. The molecule has 0 aliphatic heterocycles. The van der Waals surface area contributed by atoms with Crippen molar-refractivity contribution in [3.05, 3.63) is 58.1 Å². The molecule has 2 aromatic heterocycles. The minimum atomic E-state index is -0.631. The number of amides is 1. The van der Waals surface area contributed by atoms with E-state index < -0.39 is 11.7 Å². The highest BCUT2D eigenvalue weighted by atomic mass is 35.5. The van der Waals surface area contributed by atoms with Crippen molar-refractivity contribution in [2.75, 3.05) is 0 Å². The lowest BCUT2D eigenvalue weighted by molar-refractivity contribution is 0.0946. The highest BCUT2D eigenvalue weighted by Crippen LogP contribution is 2.19. The standard InChI is InChI=1S/C13H9ClFN3OS/c14-9-2-1-3-10(15)11(9)12(19)17-6-8-7-20-13-16-4-5-18(8)13/h1-5,7H,6H2,(H,17,19). The average molecular weight is 310 g/mol. The van der Waals surface area contributed by atoms with E-state index in [1.54, 1.807) is 6.20 Å². The number of thiazole rings is 1. The first kappa shape index (κ1) is 13.1. The van der Waals surface area contributed by atoms with E-state index in [1.165, 1.54) is 29.5 Å². The number of rotatable bonds is 3. The smallest absolute Gasteiger partial charge is 0.256 e. The van der Waals surface area contributed by atoms with Crippen LogP contribution >= 0.6 is 22.9 Å². The first-order chi connectivity index (χ1) is 9.66. The second-order valence-corrected chi connectivity index (χ2v) is 5.33. The second kappa shape index (κ2) is 5.22. The van der Waals surface area contributed by atoms with Crippen LogP contribution in [0.4, 0.5) is 4.39 Å². The maximum Gasteiger partial charge on any atom is 0.256 e. The van der Waals surface area contributed by atoms with E-state index in [4.69, 9.17) is 11.6 Å².